The second-order valence-corrected chi connectivity index (χ2v) is 9.52. The van der Waals surface area contributed by atoms with E-state index in [0.717, 1.165) is 10.5 Å². The lowest BCUT2D eigenvalue weighted by Gasteiger charge is -2.14. The summed E-state index contributed by atoms with van der Waals surface area (Å²) in [6.45, 7) is 7.51. The highest BCUT2D eigenvalue weighted by molar-refractivity contribution is 6.34. The van der Waals surface area contributed by atoms with E-state index >= 15 is 0 Å². The number of Topliss-reactive ketones (excluding diaryl/α,β-unsaturated/α-hetero) is 1. The van der Waals surface area contributed by atoms with Gasteiger partial charge in [-0.25, -0.2) is 14.5 Å². The van der Waals surface area contributed by atoms with Crippen molar-refractivity contribution in [3.63, 3.8) is 0 Å². The van der Waals surface area contributed by atoms with Crippen LogP contribution in [0, 0.1) is 12.8 Å². The maximum Gasteiger partial charge on any atom is 0.338 e. The average molecular weight is 514 g/mol. The predicted molar refractivity (Wildman–Crippen MR) is 140 cm³/mol. The monoisotopic (exact) mass is 513 g/mol. The average Bonchev–Trinajstić information content (AvgIpc) is 3.16. The molecule has 0 aromatic heterocycles. The van der Waals surface area contributed by atoms with Gasteiger partial charge in [0.05, 0.1) is 34.5 Å². The first-order valence-electron chi connectivity index (χ1n) is 12.2. The minimum atomic E-state index is -1.04. The molecule has 8 nitrogen and oxygen atoms in total. The Kier molecular flexibility index (Phi) is 7.52. The molecule has 0 fully saturated rings. The number of aryl methyl sites for hydroxylation is 1. The van der Waals surface area contributed by atoms with E-state index in [-0.39, 0.29) is 40.7 Å². The summed E-state index contributed by atoms with van der Waals surface area (Å²) < 4.78 is 10.5. The maximum atomic E-state index is 13.1. The Labute approximate surface area is 220 Å². The molecule has 0 bridgehead atoms. The number of amides is 2. The Morgan fingerprint density at radius 1 is 0.737 bits per heavy atom. The molecule has 1 aliphatic heterocycles. The van der Waals surface area contributed by atoms with Gasteiger partial charge in [-0.3, -0.25) is 14.4 Å². The van der Waals surface area contributed by atoms with Crippen LogP contribution in [0.4, 0.5) is 5.69 Å². The lowest BCUT2D eigenvalue weighted by atomic mass is 10.0. The number of rotatable bonds is 8. The number of hydrogen-bond acceptors (Lipinski definition) is 7. The zero-order valence-electron chi connectivity index (χ0n) is 21.5. The summed E-state index contributed by atoms with van der Waals surface area (Å²) in [6, 6.07) is 16.9. The molecule has 1 atom stereocenters. The van der Waals surface area contributed by atoms with E-state index in [9.17, 15) is 24.0 Å². The number of fused-ring (bicyclic) bond motifs is 1. The molecule has 1 heterocycles. The van der Waals surface area contributed by atoms with Crippen molar-refractivity contribution in [3.8, 4) is 0 Å². The number of anilines is 1. The van der Waals surface area contributed by atoms with Crippen molar-refractivity contribution in [1.82, 2.24) is 0 Å². The zero-order valence-corrected chi connectivity index (χ0v) is 21.5. The molecule has 0 saturated carbocycles. The second-order valence-electron chi connectivity index (χ2n) is 9.52. The number of benzene rings is 3. The Morgan fingerprint density at radius 3 is 1.95 bits per heavy atom. The van der Waals surface area contributed by atoms with Gasteiger partial charge in [0.2, 0.25) is 5.78 Å². The summed E-state index contributed by atoms with van der Waals surface area (Å²) in [5.41, 5.74) is 2.21. The molecule has 0 aliphatic carbocycles. The lowest BCUT2D eigenvalue weighted by molar-refractivity contribution is 0.0318. The number of carbonyl (C=O) groups excluding carboxylic acids is 5. The fourth-order valence-corrected chi connectivity index (χ4v) is 3.91. The molecule has 0 unspecified atom stereocenters. The Bertz CT molecular complexity index is 1420. The summed E-state index contributed by atoms with van der Waals surface area (Å²) in [5, 5.41) is 0. The van der Waals surface area contributed by atoms with E-state index in [1.807, 2.05) is 20.8 Å². The molecule has 1 aliphatic rings. The van der Waals surface area contributed by atoms with Gasteiger partial charge in [-0.05, 0) is 62.2 Å². The van der Waals surface area contributed by atoms with Gasteiger partial charge in [-0.15, -0.1) is 0 Å². The molecule has 38 heavy (non-hydrogen) atoms. The van der Waals surface area contributed by atoms with E-state index in [1.165, 1.54) is 49.4 Å². The molecular formula is C30H27NO7. The number of carbonyl (C=O) groups is 5. The first kappa shape index (κ1) is 26.5. The van der Waals surface area contributed by atoms with Gasteiger partial charge in [-0.2, -0.15) is 0 Å². The van der Waals surface area contributed by atoms with Crippen LogP contribution in [0.1, 0.15) is 78.1 Å². The summed E-state index contributed by atoms with van der Waals surface area (Å²) in [6.07, 6.45) is -1.04. The van der Waals surface area contributed by atoms with E-state index in [1.54, 1.807) is 24.3 Å². The van der Waals surface area contributed by atoms with Gasteiger partial charge in [0.25, 0.3) is 11.8 Å². The van der Waals surface area contributed by atoms with Crippen molar-refractivity contribution >= 4 is 35.2 Å². The molecule has 194 valence electrons. The van der Waals surface area contributed by atoms with Crippen LogP contribution in [0.25, 0.3) is 0 Å². The third-order valence-electron chi connectivity index (χ3n) is 6.02. The summed E-state index contributed by atoms with van der Waals surface area (Å²) in [7, 11) is 0. The maximum absolute atomic E-state index is 13.1. The Hall–Kier alpha value is -4.59. The van der Waals surface area contributed by atoms with Crippen molar-refractivity contribution in [3.05, 3.63) is 100 Å². The van der Waals surface area contributed by atoms with Crippen molar-refractivity contribution in [2.75, 3.05) is 11.5 Å². The van der Waals surface area contributed by atoms with Crippen LogP contribution < -0.4 is 4.90 Å². The Morgan fingerprint density at radius 2 is 1.32 bits per heavy atom. The Balaban J connectivity index is 1.48. The second kappa shape index (κ2) is 10.8. The van der Waals surface area contributed by atoms with Crippen molar-refractivity contribution in [2.24, 2.45) is 5.92 Å². The number of esters is 2. The fraction of sp³-hybridized carbons (Fsp3) is 0.233. The topological polar surface area (TPSA) is 107 Å². The largest absolute Gasteiger partial charge is 0.462 e. The molecular weight excluding hydrogens is 486 g/mol. The van der Waals surface area contributed by atoms with Crippen LogP contribution in [0.2, 0.25) is 0 Å². The highest BCUT2D eigenvalue weighted by Gasteiger charge is 2.37. The van der Waals surface area contributed by atoms with Crippen LogP contribution in [0.15, 0.2) is 66.7 Å². The predicted octanol–water partition coefficient (Wildman–Crippen LogP) is 5.04. The molecule has 0 N–H and O–H groups in total. The van der Waals surface area contributed by atoms with E-state index < -0.39 is 29.9 Å². The SMILES string of the molecule is Cc1ccc(C(=O)[C@H](C)OC(=O)c2ccc3c(c2)C(=O)N(c2ccc(C(=O)OCC(C)C)cc2)C3=O)cc1. The molecule has 4 rings (SSSR count). The van der Waals surface area contributed by atoms with Gasteiger partial charge >= 0.3 is 11.9 Å². The highest BCUT2D eigenvalue weighted by atomic mass is 16.5. The van der Waals surface area contributed by atoms with Crippen molar-refractivity contribution in [1.29, 1.82) is 0 Å². The first-order valence-corrected chi connectivity index (χ1v) is 12.2. The number of ketones is 1. The number of ether oxygens (including phenoxy) is 2. The van der Waals surface area contributed by atoms with Crippen LogP contribution in [0.5, 0.6) is 0 Å². The highest BCUT2D eigenvalue weighted by Crippen LogP contribution is 2.30. The van der Waals surface area contributed by atoms with Crippen LogP contribution in [0.3, 0.4) is 0 Å². The minimum absolute atomic E-state index is 0.0403. The molecule has 0 saturated heterocycles. The standard InChI is InChI=1S/C30H27NO7/c1-17(2)16-37-29(35)21-9-12-23(13-10-21)31-27(33)24-14-11-22(15-25(24)28(31)34)30(36)38-19(4)26(32)20-7-5-18(3)6-8-20/h5-15,17,19H,16H2,1-4H3/t19-/m0/s1. The van der Waals surface area contributed by atoms with Gasteiger partial charge in [-0.1, -0.05) is 43.7 Å². The first-order chi connectivity index (χ1) is 18.1. The van der Waals surface area contributed by atoms with E-state index in [2.05, 4.69) is 0 Å². The van der Waals surface area contributed by atoms with Crippen LogP contribution >= 0.6 is 0 Å². The smallest absolute Gasteiger partial charge is 0.338 e. The van der Waals surface area contributed by atoms with E-state index in [4.69, 9.17) is 9.47 Å². The molecule has 0 radical (unpaired) electrons. The van der Waals surface area contributed by atoms with Gasteiger partial charge in [0.15, 0.2) is 6.10 Å². The van der Waals surface area contributed by atoms with E-state index in [0.29, 0.717) is 11.1 Å². The molecule has 3 aromatic carbocycles. The zero-order chi connectivity index (χ0) is 27.6. The number of nitrogens with zero attached hydrogens (tertiary/aromatic N) is 1. The quantitative estimate of drug-likeness (QED) is 0.236. The van der Waals surface area contributed by atoms with Gasteiger partial charge in [0.1, 0.15) is 0 Å². The summed E-state index contributed by atoms with van der Waals surface area (Å²) in [5.74, 6) is -2.61. The van der Waals surface area contributed by atoms with Crippen LogP contribution in [-0.4, -0.2) is 42.2 Å². The molecule has 8 heteroatoms. The third-order valence-corrected chi connectivity index (χ3v) is 6.02. The van der Waals surface area contributed by atoms with Crippen molar-refractivity contribution in [2.45, 2.75) is 33.8 Å². The van der Waals surface area contributed by atoms with Crippen molar-refractivity contribution < 1.29 is 33.4 Å². The van der Waals surface area contributed by atoms with Gasteiger partial charge in [0, 0.05) is 5.56 Å². The van der Waals surface area contributed by atoms with Crippen LogP contribution in [-0.2, 0) is 9.47 Å². The fourth-order valence-electron chi connectivity index (χ4n) is 3.91. The summed E-state index contributed by atoms with van der Waals surface area (Å²) >= 11 is 0. The molecule has 3 aromatic rings. The lowest BCUT2D eigenvalue weighted by Crippen LogP contribution is -2.29. The minimum Gasteiger partial charge on any atom is -0.462 e. The number of hydrogen-bond donors (Lipinski definition) is 0. The summed E-state index contributed by atoms with van der Waals surface area (Å²) in [4.78, 5) is 64.6. The van der Waals surface area contributed by atoms with Gasteiger partial charge < -0.3 is 9.47 Å². The molecule has 2 amide bonds. The third kappa shape index (κ3) is 5.39. The number of imide groups is 1. The normalized spacial score (nSPS) is 13.3. The molecule has 0 spiro atoms.